The van der Waals surface area contributed by atoms with Crippen LogP contribution in [0, 0.1) is 23.7 Å². The van der Waals surface area contributed by atoms with E-state index in [4.69, 9.17) is 0 Å². The molecular formula is C50H84O4S2Sn. The number of carboxylic acid groups (broad SMARTS) is 2. The van der Waals surface area contributed by atoms with E-state index in [1.54, 1.807) is 0 Å². The summed E-state index contributed by atoms with van der Waals surface area (Å²) in [6.45, 7) is 17.8. The van der Waals surface area contributed by atoms with Crippen LogP contribution in [0.2, 0.25) is 0 Å². The molecule has 0 heterocycles. The van der Waals surface area contributed by atoms with Crippen molar-refractivity contribution >= 4 is 58.3 Å². The summed E-state index contributed by atoms with van der Waals surface area (Å²) in [5.74, 6) is 0.943. The Morgan fingerprint density at radius 1 is 0.456 bits per heavy atom. The van der Waals surface area contributed by atoms with Gasteiger partial charge >= 0.3 is 102 Å². The van der Waals surface area contributed by atoms with Crippen LogP contribution in [0.3, 0.4) is 0 Å². The van der Waals surface area contributed by atoms with Crippen molar-refractivity contribution in [3.8, 4) is 0 Å². The van der Waals surface area contributed by atoms with E-state index >= 15 is 0 Å². The zero-order chi connectivity index (χ0) is 43.0. The summed E-state index contributed by atoms with van der Waals surface area (Å²) < 4.78 is 0.851. The molecule has 0 saturated carbocycles. The van der Waals surface area contributed by atoms with E-state index in [2.05, 4.69) is 141 Å². The van der Waals surface area contributed by atoms with Crippen molar-refractivity contribution in [2.24, 2.45) is 23.7 Å². The summed E-state index contributed by atoms with van der Waals surface area (Å²) in [6, 6.07) is 21.7. The number of rotatable bonds is 30. The van der Waals surface area contributed by atoms with Gasteiger partial charge in [0.05, 0.1) is 21.4 Å². The predicted molar refractivity (Wildman–Crippen MR) is 251 cm³/mol. The topological polar surface area (TPSA) is 80.3 Å². The Bertz CT molecular complexity index is 1100. The van der Waals surface area contributed by atoms with E-state index in [-0.39, 0.29) is 21.1 Å². The number of carbonyl (C=O) groups is 2. The zero-order valence-corrected chi connectivity index (χ0v) is 42.3. The van der Waals surface area contributed by atoms with Crippen molar-refractivity contribution in [3.05, 3.63) is 71.8 Å². The quantitative estimate of drug-likeness (QED) is 0.0465. The van der Waals surface area contributed by atoms with Crippen LogP contribution in [0.4, 0.5) is 0 Å². The summed E-state index contributed by atoms with van der Waals surface area (Å²) in [4.78, 5) is 22.8. The first kappa shape index (κ1) is 55.9. The van der Waals surface area contributed by atoms with Crippen LogP contribution in [0.25, 0.3) is 0 Å². The van der Waals surface area contributed by atoms with Crippen molar-refractivity contribution in [1.82, 2.24) is 0 Å². The van der Waals surface area contributed by atoms with Gasteiger partial charge in [-0.25, -0.2) is 0 Å². The molecule has 0 bridgehead atoms. The van der Waals surface area contributed by atoms with E-state index in [0.29, 0.717) is 25.7 Å². The first-order chi connectivity index (χ1) is 27.0. The van der Waals surface area contributed by atoms with E-state index in [0.717, 1.165) is 75.0 Å². The van der Waals surface area contributed by atoms with Gasteiger partial charge in [0.15, 0.2) is 0 Å². The van der Waals surface area contributed by atoms with Crippen molar-refractivity contribution in [1.29, 1.82) is 0 Å². The van der Waals surface area contributed by atoms with Gasteiger partial charge in [-0.1, -0.05) is 158 Å². The number of unbranched alkanes of at least 4 members (excludes halogenated alkanes) is 8. The molecule has 0 unspecified atom stereocenters. The van der Waals surface area contributed by atoms with Gasteiger partial charge in [0, 0.05) is 0 Å². The van der Waals surface area contributed by atoms with Crippen molar-refractivity contribution in [3.63, 3.8) is 0 Å². The normalized spacial score (nSPS) is 11.6. The number of carbonyl (C=O) groups excluding carboxylic acids is 2. The Morgan fingerprint density at radius 2 is 0.702 bits per heavy atom. The molecule has 0 N–H and O–H groups in total. The molecule has 2 rings (SSSR count). The van der Waals surface area contributed by atoms with Gasteiger partial charge in [-0.3, -0.25) is 0 Å². The van der Waals surface area contributed by atoms with Crippen molar-refractivity contribution in [2.45, 2.75) is 202 Å². The molecule has 0 spiro atoms. The average molecular weight is 932 g/mol. The molecule has 57 heavy (non-hydrogen) atoms. The number of thiol groups is 2. The minimum atomic E-state index is -0.987. The van der Waals surface area contributed by atoms with E-state index in [1.807, 2.05) is 0 Å². The molecule has 0 aliphatic heterocycles. The van der Waals surface area contributed by atoms with Crippen molar-refractivity contribution < 1.29 is 19.8 Å². The van der Waals surface area contributed by atoms with Gasteiger partial charge in [-0.2, -0.15) is 25.3 Å². The zero-order valence-electron chi connectivity index (χ0n) is 37.7. The maximum atomic E-state index is 11.4. The molecule has 0 radical (unpaired) electrons. The summed E-state index contributed by atoms with van der Waals surface area (Å²) in [5, 5.41) is 22.8. The molecular weight excluding hydrogens is 847 g/mol. The van der Waals surface area contributed by atoms with Crippen LogP contribution in [-0.2, 0) is 18.5 Å². The van der Waals surface area contributed by atoms with E-state index < -0.39 is 21.4 Å². The fourth-order valence-electron chi connectivity index (χ4n) is 6.79. The first-order valence-electron chi connectivity index (χ1n) is 22.7. The Kier molecular flexibility index (Phi) is 33.9. The first-order valence-corrected chi connectivity index (χ1v) is 27.6. The maximum absolute atomic E-state index is 11.4. The molecule has 7 heteroatoms. The van der Waals surface area contributed by atoms with Crippen LogP contribution in [-0.4, -0.2) is 42.6 Å². The SMILES string of the molecule is CC(C)CCCCCC(S)(CCCCCC(C)C)C(=O)[O-].CC(C)CCCCCC(S)(CCCCCC(C)C)C(=O)[O-].c1ccc([CH2][Sn+2][CH2]c2ccccc2)cc1. The van der Waals surface area contributed by atoms with E-state index in [9.17, 15) is 19.8 Å². The Hall–Kier alpha value is -1.12. The van der Waals surface area contributed by atoms with E-state index in [1.165, 1.54) is 71.4 Å². The van der Waals surface area contributed by atoms with Crippen molar-refractivity contribution in [2.75, 3.05) is 0 Å². The molecule has 0 aliphatic rings. The molecule has 2 aromatic carbocycles. The standard InChI is InChI=1S/2C18H36O2S.2C7H7.Sn/c2*1-15(2)11-7-5-9-13-18(21,17(19)20)14-10-6-8-12-16(3)4;2*1-7-5-3-2-4-6-7;/h2*15-16,21H,5-14H2,1-4H3,(H,19,20);2*2-6H,1H2;/q;;;;+2/p-2. The molecule has 0 saturated heterocycles. The molecule has 0 atom stereocenters. The number of hydrogen-bond acceptors (Lipinski definition) is 6. The third-order valence-corrected chi connectivity index (χ3v) is 15.6. The molecule has 4 nitrogen and oxygen atoms in total. The number of aliphatic carboxylic acids is 2. The molecule has 0 fully saturated rings. The number of hydrogen-bond donors (Lipinski definition) is 2. The molecule has 0 aromatic heterocycles. The summed E-state index contributed by atoms with van der Waals surface area (Å²) in [6.07, 6.45) is 20.3. The monoisotopic (exact) mass is 932 g/mol. The second kappa shape index (κ2) is 34.6. The third kappa shape index (κ3) is 32.3. The van der Waals surface area contributed by atoms with Crippen LogP contribution in [0.15, 0.2) is 60.7 Å². The van der Waals surface area contributed by atoms with Crippen LogP contribution < -0.4 is 10.2 Å². The fraction of sp³-hybridized carbons (Fsp3) is 0.720. The van der Waals surface area contributed by atoms with Crippen LogP contribution >= 0.6 is 25.3 Å². The molecule has 0 amide bonds. The van der Waals surface area contributed by atoms with Gasteiger partial charge < -0.3 is 19.8 Å². The van der Waals surface area contributed by atoms with Gasteiger partial charge in [0.25, 0.3) is 0 Å². The van der Waals surface area contributed by atoms with Crippen LogP contribution in [0.1, 0.15) is 195 Å². The predicted octanol–water partition coefficient (Wildman–Crippen LogP) is 12.3. The molecule has 2 aromatic rings. The van der Waals surface area contributed by atoms with Gasteiger partial charge in [-0.05, 0) is 49.4 Å². The Balaban J connectivity index is 0.000000836. The third-order valence-electron chi connectivity index (χ3n) is 10.6. The Labute approximate surface area is 373 Å². The minimum absolute atomic E-state index is 0.258. The van der Waals surface area contributed by atoms with Crippen LogP contribution in [0.5, 0.6) is 0 Å². The summed E-state index contributed by atoms with van der Waals surface area (Å²) in [5.41, 5.74) is 3.03. The van der Waals surface area contributed by atoms with Gasteiger partial charge in [-0.15, -0.1) is 0 Å². The van der Waals surface area contributed by atoms with Gasteiger partial charge in [0.1, 0.15) is 0 Å². The number of benzene rings is 2. The number of carboxylic acids is 2. The summed E-state index contributed by atoms with van der Waals surface area (Å²) >= 11 is 8.62. The average Bonchev–Trinajstić information content (AvgIpc) is 3.15. The van der Waals surface area contributed by atoms with Gasteiger partial charge in [0.2, 0.25) is 0 Å². The Morgan fingerprint density at radius 3 is 0.912 bits per heavy atom. The molecule has 0 aliphatic carbocycles. The molecule has 324 valence electrons. The summed E-state index contributed by atoms with van der Waals surface area (Å²) in [7, 11) is 0. The fourth-order valence-corrected chi connectivity index (χ4v) is 10.8. The second-order valence-electron chi connectivity index (χ2n) is 18.2. The second-order valence-corrected chi connectivity index (χ2v) is 23.3.